The monoisotopic (exact) mass is 194 g/mol. The van der Waals surface area contributed by atoms with Gasteiger partial charge >= 0.3 is 6.03 Å². The summed E-state index contributed by atoms with van der Waals surface area (Å²) in [6, 6.07) is -0.504. The van der Waals surface area contributed by atoms with Crippen molar-refractivity contribution in [1.82, 2.24) is 15.1 Å². The van der Waals surface area contributed by atoms with Gasteiger partial charge in [-0.25, -0.2) is 4.79 Å². The number of carbonyl (C=O) groups excluding carboxylic acids is 1. The van der Waals surface area contributed by atoms with Crippen molar-refractivity contribution in [2.75, 3.05) is 6.54 Å². The van der Waals surface area contributed by atoms with Crippen LogP contribution < -0.4 is 11.1 Å². The zero-order valence-electron chi connectivity index (χ0n) is 8.21. The van der Waals surface area contributed by atoms with Crippen LogP contribution in [0.25, 0.3) is 0 Å². The molecule has 76 valence electrons. The number of fused-ring (bicyclic) bond motifs is 1. The molecule has 1 amide bonds. The van der Waals surface area contributed by atoms with E-state index in [1.165, 1.54) is 4.68 Å². The van der Waals surface area contributed by atoms with Gasteiger partial charge in [-0.3, -0.25) is 0 Å². The van der Waals surface area contributed by atoms with Crippen molar-refractivity contribution in [3.63, 3.8) is 0 Å². The van der Waals surface area contributed by atoms with Crippen molar-refractivity contribution in [3.8, 4) is 0 Å². The lowest BCUT2D eigenvalue weighted by Gasteiger charge is -2.01. The Morgan fingerprint density at radius 1 is 1.64 bits per heavy atom. The van der Waals surface area contributed by atoms with Crippen molar-refractivity contribution in [2.24, 2.45) is 5.73 Å². The maximum Gasteiger partial charge on any atom is 0.339 e. The fourth-order valence-corrected chi connectivity index (χ4v) is 1.83. The molecule has 0 atom stereocenters. The molecule has 2 rings (SSSR count). The van der Waals surface area contributed by atoms with Gasteiger partial charge < -0.3 is 11.1 Å². The predicted octanol–water partition coefficient (Wildman–Crippen LogP) is 0.154. The minimum absolute atomic E-state index is 0.504. The van der Waals surface area contributed by atoms with Gasteiger partial charge in [-0.2, -0.15) is 9.78 Å². The predicted molar refractivity (Wildman–Crippen MR) is 52.0 cm³/mol. The van der Waals surface area contributed by atoms with Crippen LogP contribution in [0.2, 0.25) is 0 Å². The maximum absolute atomic E-state index is 11.0. The van der Waals surface area contributed by atoms with E-state index in [1.807, 2.05) is 6.92 Å². The average molecular weight is 194 g/mol. The Labute approximate surface area is 82.3 Å². The number of hydrogen-bond donors (Lipinski definition) is 2. The highest BCUT2D eigenvalue weighted by Gasteiger charge is 2.18. The number of nitrogens with zero attached hydrogens (tertiary/aromatic N) is 2. The van der Waals surface area contributed by atoms with Crippen LogP contribution in [0.3, 0.4) is 0 Å². The Morgan fingerprint density at radius 3 is 3.14 bits per heavy atom. The largest absolute Gasteiger partial charge is 0.350 e. The van der Waals surface area contributed by atoms with Crippen molar-refractivity contribution >= 4 is 6.03 Å². The van der Waals surface area contributed by atoms with E-state index in [0.29, 0.717) is 0 Å². The number of aromatic nitrogens is 2. The molecule has 0 unspecified atom stereocenters. The standard InChI is InChI=1S/C9H14N4O/c1-6-7-5-11-4-2-3-8(7)12-13(6)9(10)14/h11H,2-5H2,1H3,(H2,10,14). The van der Waals surface area contributed by atoms with Gasteiger partial charge in [0.15, 0.2) is 0 Å². The molecule has 0 aromatic carbocycles. The second-order valence-electron chi connectivity index (χ2n) is 3.54. The van der Waals surface area contributed by atoms with Crippen molar-refractivity contribution < 1.29 is 4.79 Å². The molecule has 1 aliphatic rings. The summed E-state index contributed by atoms with van der Waals surface area (Å²) in [5, 5.41) is 7.50. The van der Waals surface area contributed by atoms with Crippen molar-refractivity contribution in [1.29, 1.82) is 0 Å². The first kappa shape index (κ1) is 9.21. The summed E-state index contributed by atoms with van der Waals surface area (Å²) >= 11 is 0. The first-order chi connectivity index (χ1) is 6.70. The van der Waals surface area contributed by atoms with E-state index in [4.69, 9.17) is 5.73 Å². The highest BCUT2D eigenvalue weighted by Crippen LogP contribution is 2.16. The zero-order valence-corrected chi connectivity index (χ0v) is 8.21. The molecule has 14 heavy (non-hydrogen) atoms. The summed E-state index contributed by atoms with van der Waals surface area (Å²) in [5.41, 5.74) is 8.20. The molecule has 1 aromatic rings. The van der Waals surface area contributed by atoms with E-state index < -0.39 is 6.03 Å². The van der Waals surface area contributed by atoms with Gasteiger partial charge in [0.05, 0.1) is 11.4 Å². The van der Waals surface area contributed by atoms with Crippen molar-refractivity contribution in [3.05, 3.63) is 17.0 Å². The van der Waals surface area contributed by atoms with E-state index in [0.717, 1.165) is 42.9 Å². The molecule has 1 aromatic heterocycles. The fourth-order valence-electron chi connectivity index (χ4n) is 1.83. The Hall–Kier alpha value is -1.36. The van der Waals surface area contributed by atoms with Gasteiger partial charge in [-0.1, -0.05) is 0 Å². The molecular formula is C9H14N4O. The quantitative estimate of drug-likeness (QED) is 0.617. The molecule has 0 aliphatic carbocycles. The topological polar surface area (TPSA) is 72.9 Å². The summed E-state index contributed by atoms with van der Waals surface area (Å²) in [7, 11) is 0. The normalized spacial score (nSPS) is 16.1. The first-order valence-corrected chi connectivity index (χ1v) is 4.78. The van der Waals surface area contributed by atoms with Gasteiger partial charge in [0.1, 0.15) is 0 Å². The van der Waals surface area contributed by atoms with Crippen LogP contribution in [0.5, 0.6) is 0 Å². The second-order valence-corrected chi connectivity index (χ2v) is 3.54. The number of carbonyl (C=O) groups is 1. The molecule has 3 N–H and O–H groups in total. The zero-order chi connectivity index (χ0) is 10.1. The number of aryl methyl sites for hydroxylation is 1. The summed E-state index contributed by atoms with van der Waals surface area (Å²) in [6.45, 7) is 3.67. The van der Waals surface area contributed by atoms with Crippen LogP contribution in [0.1, 0.15) is 23.4 Å². The molecule has 5 nitrogen and oxygen atoms in total. The van der Waals surface area contributed by atoms with Gasteiger partial charge in [-0.15, -0.1) is 0 Å². The van der Waals surface area contributed by atoms with Crippen LogP contribution in [-0.2, 0) is 13.0 Å². The highest BCUT2D eigenvalue weighted by atomic mass is 16.2. The number of amides is 1. The summed E-state index contributed by atoms with van der Waals surface area (Å²) in [4.78, 5) is 11.0. The molecular weight excluding hydrogens is 180 g/mol. The van der Waals surface area contributed by atoms with E-state index >= 15 is 0 Å². The van der Waals surface area contributed by atoms with Crippen LogP contribution in [-0.4, -0.2) is 22.4 Å². The molecule has 2 heterocycles. The van der Waals surface area contributed by atoms with Gasteiger partial charge in [0, 0.05) is 12.1 Å². The summed E-state index contributed by atoms with van der Waals surface area (Å²) in [6.07, 6.45) is 1.98. The smallest absolute Gasteiger partial charge is 0.339 e. The molecule has 0 spiro atoms. The first-order valence-electron chi connectivity index (χ1n) is 4.78. The number of rotatable bonds is 0. The van der Waals surface area contributed by atoms with Gasteiger partial charge in [-0.05, 0) is 26.3 Å². The number of hydrogen-bond acceptors (Lipinski definition) is 3. The Balaban J connectivity index is 2.45. The second kappa shape index (κ2) is 3.42. The SMILES string of the molecule is Cc1c2c(nn1C(N)=O)CCCNC2. The van der Waals surface area contributed by atoms with Crippen LogP contribution in [0.4, 0.5) is 4.79 Å². The fraction of sp³-hybridized carbons (Fsp3) is 0.556. The van der Waals surface area contributed by atoms with E-state index in [9.17, 15) is 4.79 Å². The molecule has 0 radical (unpaired) electrons. The van der Waals surface area contributed by atoms with E-state index in [2.05, 4.69) is 10.4 Å². The Morgan fingerprint density at radius 2 is 2.43 bits per heavy atom. The lowest BCUT2D eigenvalue weighted by atomic mass is 10.1. The molecule has 0 saturated carbocycles. The van der Waals surface area contributed by atoms with Gasteiger partial charge in [0.2, 0.25) is 0 Å². The summed E-state index contributed by atoms with van der Waals surface area (Å²) in [5.74, 6) is 0. The Kier molecular flexibility index (Phi) is 2.25. The molecule has 0 saturated heterocycles. The minimum Gasteiger partial charge on any atom is -0.350 e. The lowest BCUT2D eigenvalue weighted by Crippen LogP contribution is -2.23. The summed E-state index contributed by atoms with van der Waals surface area (Å²) < 4.78 is 1.29. The van der Waals surface area contributed by atoms with E-state index in [1.54, 1.807) is 0 Å². The van der Waals surface area contributed by atoms with Crippen LogP contribution in [0.15, 0.2) is 0 Å². The van der Waals surface area contributed by atoms with Crippen LogP contribution >= 0.6 is 0 Å². The lowest BCUT2D eigenvalue weighted by molar-refractivity contribution is 0.247. The number of nitrogens with one attached hydrogen (secondary N) is 1. The maximum atomic E-state index is 11.0. The highest BCUT2D eigenvalue weighted by molar-refractivity contribution is 5.74. The molecule has 0 fully saturated rings. The third-order valence-corrected chi connectivity index (χ3v) is 2.60. The third-order valence-electron chi connectivity index (χ3n) is 2.60. The molecule has 1 aliphatic heterocycles. The minimum atomic E-state index is -0.504. The number of nitrogens with two attached hydrogens (primary N) is 1. The number of primary amides is 1. The Bertz CT molecular complexity index is 369. The van der Waals surface area contributed by atoms with E-state index in [-0.39, 0.29) is 0 Å². The average Bonchev–Trinajstić information content (AvgIpc) is 2.37. The third kappa shape index (κ3) is 1.39. The van der Waals surface area contributed by atoms with Crippen molar-refractivity contribution in [2.45, 2.75) is 26.3 Å². The molecule has 0 bridgehead atoms. The van der Waals surface area contributed by atoms with Crippen LogP contribution in [0, 0.1) is 6.92 Å². The van der Waals surface area contributed by atoms with Gasteiger partial charge in [0.25, 0.3) is 0 Å². The molecule has 5 heteroatoms.